The summed E-state index contributed by atoms with van der Waals surface area (Å²) in [6, 6.07) is 11.8. The van der Waals surface area contributed by atoms with Gasteiger partial charge in [-0.3, -0.25) is 14.4 Å². The van der Waals surface area contributed by atoms with Crippen LogP contribution in [0.4, 0.5) is 0 Å². The van der Waals surface area contributed by atoms with Gasteiger partial charge in [-0.25, -0.2) is 4.79 Å². The Morgan fingerprint density at radius 2 is 2.08 bits per heavy atom. The summed E-state index contributed by atoms with van der Waals surface area (Å²) in [6.45, 7) is 1.18. The Labute approximate surface area is 152 Å². The molecular formula is C18H13ClN2O3S. The molecular weight excluding hydrogens is 360 g/mol. The molecule has 0 aliphatic carbocycles. The van der Waals surface area contributed by atoms with Crippen LogP contribution in [0, 0.1) is 0 Å². The van der Waals surface area contributed by atoms with Gasteiger partial charge in [0.15, 0.2) is 11.4 Å². The van der Waals surface area contributed by atoms with E-state index < -0.39 is 5.76 Å². The quantitative estimate of drug-likeness (QED) is 0.656. The van der Waals surface area contributed by atoms with Gasteiger partial charge in [0.25, 0.3) is 0 Å². The summed E-state index contributed by atoms with van der Waals surface area (Å²) in [6.07, 6.45) is 0. The molecule has 0 N–H and O–H groups in total. The van der Waals surface area contributed by atoms with E-state index in [9.17, 15) is 9.59 Å². The number of ketones is 1. The van der Waals surface area contributed by atoms with Crippen LogP contribution < -0.4 is 5.76 Å². The molecule has 25 heavy (non-hydrogen) atoms. The second-order valence-corrected chi connectivity index (χ2v) is 7.20. The number of benzene rings is 2. The van der Waals surface area contributed by atoms with Crippen LogP contribution in [0.5, 0.6) is 0 Å². The zero-order chi connectivity index (χ0) is 17.4. The van der Waals surface area contributed by atoms with Crippen molar-refractivity contribution in [2.45, 2.75) is 6.54 Å². The molecule has 7 heteroatoms. The van der Waals surface area contributed by atoms with Crippen molar-refractivity contribution in [3.63, 3.8) is 0 Å². The van der Waals surface area contributed by atoms with Crippen molar-refractivity contribution in [3.05, 3.63) is 69.2 Å². The van der Waals surface area contributed by atoms with Crippen LogP contribution in [0.15, 0.2) is 56.7 Å². The van der Waals surface area contributed by atoms with Crippen molar-refractivity contribution in [2.75, 3.05) is 12.3 Å². The average Bonchev–Trinajstić information content (AvgIpc) is 3.22. The number of aliphatic imine (C=N–C) groups is 1. The topological polar surface area (TPSA) is 64.6 Å². The van der Waals surface area contributed by atoms with Crippen molar-refractivity contribution in [1.29, 1.82) is 0 Å². The third kappa shape index (κ3) is 3.15. The summed E-state index contributed by atoms with van der Waals surface area (Å²) in [5.41, 5.74) is 1.98. The number of halogens is 1. The molecule has 0 spiro atoms. The lowest BCUT2D eigenvalue weighted by Gasteiger charge is -2.03. The molecule has 0 amide bonds. The molecule has 0 fully saturated rings. The van der Waals surface area contributed by atoms with E-state index in [0.717, 1.165) is 17.3 Å². The van der Waals surface area contributed by atoms with Gasteiger partial charge in [0.1, 0.15) is 0 Å². The summed E-state index contributed by atoms with van der Waals surface area (Å²) in [7, 11) is 0. The molecule has 5 nitrogen and oxygen atoms in total. The number of nitrogens with zero attached hydrogens (tertiary/aromatic N) is 2. The van der Waals surface area contributed by atoms with Gasteiger partial charge in [-0.1, -0.05) is 23.7 Å². The Bertz CT molecular complexity index is 1070. The number of fused-ring (bicyclic) bond motifs is 1. The maximum Gasteiger partial charge on any atom is 0.420 e. The van der Waals surface area contributed by atoms with Gasteiger partial charge in [-0.2, -0.15) is 0 Å². The van der Waals surface area contributed by atoms with Crippen LogP contribution >= 0.6 is 23.4 Å². The average molecular weight is 373 g/mol. The second-order valence-electron chi connectivity index (χ2n) is 5.60. The highest BCUT2D eigenvalue weighted by Gasteiger charge is 2.17. The van der Waals surface area contributed by atoms with Crippen molar-refractivity contribution < 1.29 is 9.21 Å². The fraction of sp³-hybridized carbons (Fsp3) is 0.167. The Kier molecular flexibility index (Phi) is 4.23. The number of aromatic nitrogens is 1. The fourth-order valence-electron chi connectivity index (χ4n) is 2.76. The van der Waals surface area contributed by atoms with E-state index in [-0.39, 0.29) is 5.78 Å². The van der Waals surface area contributed by atoms with Crippen molar-refractivity contribution in [3.8, 4) is 0 Å². The predicted molar refractivity (Wildman–Crippen MR) is 100 cm³/mol. The lowest BCUT2D eigenvalue weighted by Crippen LogP contribution is -2.17. The molecule has 0 atom stereocenters. The van der Waals surface area contributed by atoms with Crippen molar-refractivity contribution >= 4 is 45.3 Å². The van der Waals surface area contributed by atoms with E-state index in [4.69, 9.17) is 16.0 Å². The van der Waals surface area contributed by atoms with Crippen LogP contribution in [-0.2, 0) is 6.54 Å². The number of carbonyl (C=O) groups excluding carboxylic acids is 1. The Hall–Kier alpha value is -2.31. The van der Waals surface area contributed by atoms with Crippen LogP contribution in [0.1, 0.15) is 15.9 Å². The number of hydrogen-bond donors (Lipinski definition) is 0. The third-order valence-corrected chi connectivity index (χ3v) is 5.17. The van der Waals surface area contributed by atoms with E-state index in [1.165, 1.54) is 0 Å². The van der Waals surface area contributed by atoms with E-state index in [2.05, 4.69) is 4.99 Å². The van der Waals surface area contributed by atoms with Crippen molar-refractivity contribution in [2.24, 2.45) is 4.99 Å². The smallest absolute Gasteiger partial charge is 0.408 e. The fourth-order valence-corrected chi connectivity index (χ4v) is 3.78. The first-order valence-electron chi connectivity index (χ1n) is 7.71. The minimum Gasteiger partial charge on any atom is -0.408 e. The SMILES string of the molecule is O=C(c1cccc(Cl)c1)c1ccc2c(c1)oc(=O)n2CC1=NCCS1. The Balaban J connectivity index is 1.71. The molecule has 4 rings (SSSR count). The highest BCUT2D eigenvalue weighted by atomic mass is 35.5. The normalized spacial score (nSPS) is 14.0. The number of rotatable bonds is 4. The third-order valence-electron chi connectivity index (χ3n) is 3.96. The second kappa shape index (κ2) is 6.54. The molecule has 1 aliphatic heterocycles. The van der Waals surface area contributed by atoms with Crippen molar-refractivity contribution in [1.82, 2.24) is 4.57 Å². The first-order valence-corrected chi connectivity index (χ1v) is 9.08. The molecule has 2 heterocycles. The molecule has 3 aromatic rings. The van der Waals surface area contributed by atoms with Gasteiger partial charge in [-0.15, -0.1) is 11.8 Å². The summed E-state index contributed by atoms with van der Waals surface area (Å²) < 4.78 is 6.87. The van der Waals surface area contributed by atoms with Gasteiger partial charge >= 0.3 is 5.76 Å². The molecule has 0 unspecified atom stereocenters. The first-order chi connectivity index (χ1) is 12.1. The van der Waals surface area contributed by atoms with Crippen LogP contribution in [0.3, 0.4) is 0 Å². The largest absolute Gasteiger partial charge is 0.420 e. The molecule has 0 saturated carbocycles. The zero-order valence-electron chi connectivity index (χ0n) is 13.1. The summed E-state index contributed by atoms with van der Waals surface area (Å²) >= 11 is 7.59. The number of hydrogen-bond acceptors (Lipinski definition) is 5. The van der Waals surface area contributed by atoms with Crippen LogP contribution in [-0.4, -0.2) is 27.7 Å². The molecule has 2 aromatic carbocycles. The van der Waals surface area contributed by atoms with Gasteiger partial charge < -0.3 is 4.42 Å². The van der Waals surface area contributed by atoms with Crippen LogP contribution in [0.25, 0.3) is 11.1 Å². The Morgan fingerprint density at radius 3 is 2.84 bits per heavy atom. The predicted octanol–water partition coefficient (Wildman–Crippen LogP) is 3.62. The maximum absolute atomic E-state index is 12.6. The Morgan fingerprint density at radius 1 is 1.24 bits per heavy atom. The van der Waals surface area contributed by atoms with Crippen LogP contribution in [0.2, 0.25) is 5.02 Å². The highest BCUT2D eigenvalue weighted by Crippen LogP contribution is 2.21. The molecule has 0 saturated heterocycles. The van der Waals surface area contributed by atoms with Gasteiger partial charge in [-0.05, 0) is 30.3 Å². The van der Waals surface area contributed by atoms with E-state index >= 15 is 0 Å². The molecule has 1 aromatic heterocycles. The summed E-state index contributed by atoms with van der Waals surface area (Å²) in [5.74, 6) is 0.325. The molecule has 0 radical (unpaired) electrons. The first kappa shape index (κ1) is 16.2. The monoisotopic (exact) mass is 372 g/mol. The van der Waals surface area contributed by atoms with Gasteiger partial charge in [0, 0.05) is 28.4 Å². The highest BCUT2D eigenvalue weighted by molar-refractivity contribution is 8.14. The molecule has 1 aliphatic rings. The van der Waals surface area contributed by atoms with Gasteiger partial charge in [0.2, 0.25) is 0 Å². The minimum absolute atomic E-state index is 0.171. The van der Waals surface area contributed by atoms with E-state index in [0.29, 0.717) is 33.8 Å². The lowest BCUT2D eigenvalue weighted by atomic mass is 10.0. The summed E-state index contributed by atoms with van der Waals surface area (Å²) in [5, 5.41) is 1.42. The standard InChI is InChI=1S/C18H13ClN2O3S/c19-13-3-1-2-11(8-13)17(22)12-4-5-14-15(9-12)24-18(23)21(14)10-16-20-6-7-25-16/h1-5,8-9H,6-7,10H2. The molecule has 126 valence electrons. The number of carbonyl (C=O) groups is 1. The zero-order valence-corrected chi connectivity index (χ0v) is 14.6. The maximum atomic E-state index is 12.6. The summed E-state index contributed by atoms with van der Waals surface area (Å²) in [4.78, 5) is 29.1. The van der Waals surface area contributed by atoms with E-state index in [1.54, 1.807) is 58.8 Å². The number of thioether (sulfide) groups is 1. The van der Waals surface area contributed by atoms with Gasteiger partial charge in [0.05, 0.1) is 17.1 Å². The number of oxazole rings is 1. The lowest BCUT2D eigenvalue weighted by molar-refractivity contribution is 0.103. The van der Waals surface area contributed by atoms with E-state index in [1.807, 2.05) is 0 Å². The molecule has 0 bridgehead atoms. The minimum atomic E-state index is -0.447.